The molecule has 3 nitrogen and oxygen atoms in total. The highest BCUT2D eigenvalue weighted by atomic mass is 35.5. The van der Waals surface area contributed by atoms with E-state index >= 15 is 0 Å². The highest BCUT2D eigenvalue weighted by Crippen LogP contribution is 2.33. The first-order valence-electron chi connectivity index (χ1n) is 9.92. The molecule has 24 heavy (non-hydrogen) atoms. The molecule has 0 aromatic rings. The van der Waals surface area contributed by atoms with Crippen LogP contribution in [0, 0.1) is 5.92 Å². The lowest BCUT2D eigenvalue weighted by Crippen LogP contribution is -2.44. The Labute approximate surface area is 155 Å². The third kappa shape index (κ3) is 10.2. The van der Waals surface area contributed by atoms with Crippen LogP contribution in [0.2, 0.25) is 0 Å². The monoisotopic (exact) mass is 364 g/mol. The molecule has 0 aliphatic heterocycles. The van der Waals surface area contributed by atoms with Crippen LogP contribution in [0.1, 0.15) is 90.4 Å². The zero-order chi connectivity index (χ0) is 18.1. The SMILES string of the molecule is CCCCCCCCC(CCCCCCCCl)C(OC)(OC)OC. The highest BCUT2D eigenvalue weighted by molar-refractivity contribution is 6.17. The van der Waals surface area contributed by atoms with E-state index in [-0.39, 0.29) is 5.92 Å². The molecule has 0 spiro atoms. The topological polar surface area (TPSA) is 27.7 Å². The number of halogens is 1. The van der Waals surface area contributed by atoms with Crippen LogP contribution in [0.4, 0.5) is 0 Å². The highest BCUT2D eigenvalue weighted by Gasteiger charge is 2.39. The summed E-state index contributed by atoms with van der Waals surface area (Å²) in [5, 5.41) is 0. The Morgan fingerprint density at radius 3 is 1.50 bits per heavy atom. The van der Waals surface area contributed by atoms with E-state index in [1.54, 1.807) is 21.3 Å². The molecule has 0 aromatic heterocycles. The van der Waals surface area contributed by atoms with Crippen molar-refractivity contribution in [2.75, 3.05) is 27.2 Å². The van der Waals surface area contributed by atoms with Gasteiger partial charge in [0.15, 0.2) is 0 Å². The average Bonchev–Trinajstić information content (AvgIpc) is 2.62. The minimum atomic E-state index is -0.889. The van der Waals surface area contributed by atoms with Gasteiger partial charge in [0.1, 0.15) is 0 Å². The van der Waals surface area contributed by atoms with Gasteiger partial charge in [-0.25, -0.2) is 0 Å². The van der Waals surface area contributed by atoms with Crippen molar-refractivity contribution in [1.82, 2.24) is 0 Å². The van der Waals surface area contributed by atoms with Crippen LogP contribution >= 0.6 is 11.6 Å². The Morgan fingerprint density at radius 2 is 1.08 bits per heavy atom. The molecule has 0 N–H and O–H groups in total. The zero-order valence-electron chi connectivity index (χ0n) is 16.6. The van der Waals surface area contributed by atoms with Gasteiger partial charge < -0.3 is 14.2 Å². The molecule has 0 rings (SSSR count). The van der Waals surface area contributed by atoms with E-state index in [0.29, 0.717) is 0 Å². The fourth-order valence-electron chi connectivity index (χ4n) is 3.43. The molecular weight excluding hydrogens is 324 g/mol. The minimum absolute atomic E-state index is 0.289. The second kappa shape index (κ2) is 16.6. The summed E-state index contributed by atoms with van der Waals surface area (Å²) in [5.74, 6) is 0.178. The molecule has 0 saturated heterocycles. The number of hydrogen-bond donors (Lipinski definition) is 0. The van der Waals surface area contributed by atoms with Crippen molar-refractivity contribution in [3.63, 3.8) is 0 Å². The molecule has 0 radical (unpaired) electrons. The van der Waals surface area contributed by atoms with Gasteiger partial charge in [-0.3, -0.25) is 0 Å². The Hall–Kier alpha value is 0.170. The normalized spacial score (nSPS) is 13.4. The van der Waals surface area contributed by atoms with Gasteiger partial charge >= 0.3 is 0 Å². The van der Waals surface area contributed by atoms with Crippen LogP contribution in [0.3, 0.4) is 0 Å². The molecule has 0 aromatic carbocycles. The van der Waals surface area contributed by atoms with Crippen molar-refractivity contribution in [3.8, 4) is 0 Å². The van der Waals surface area contributed by atoms with Crippen LogP contribution in [0.15, 0.2) is 0 Å². The summed E-state index contributed by atoms with van der Waals surface area (Å²) in [6.07, 6.45) is 16.1. The quantitative estimate of drug-likeness (QED) is 0.157. The fourth-order valence-corrected chi connectivity index (χ4v) is 3.62. The lowest BCUT2D eigenvalue weighted by molar-refractivity contribution is -0.380. The number of alkyl halides is 1. The second-order valence-corrected chi connectivity index (χ2v) is 7.09. The number of rotatable bonds is 18. The minimum Gasteiger partial charge on any atom is -0.331 e. The maximum Gasteiger partial charge on any atom is 0.285 e. The summed E-state index contributed by atoms with van der Waals surface area (Å²) in [7, 11) is 5.05. The standard InChI is InChI=1S/C20H41ClO3/c1-5-6-7-8-10-13-16-19(20(22-2,23-3)24-4)17-14-11-9-12-15-18-21/h19H,5-18H2,1-4H3. The van der Waals surface area contributed by atoms with Gasteiger partial charge in [0.2, 0.25) is 0 Å². The van der Waals surface area contributed by atoms with E-state index in [1.807, 2.05) is 0 Å². The number of methoxy groups -OCH3 is 3. The summed E-state index contributed by atoms with van der Waals surface area (Å²) in [6.45, 7) is 2.26. The molecule has 146 valence electrons. The summed E-state index contributed by atoms with van der Waals surface area (Å²) in [4.78, 5) is 0. The third-order valence-corrected chi connectivity index (χ3v) is 5.21. The van der Waals surface area contributed by atoms with Crippen molar-refractivity contribution in [2.45, 2.75) is 96.4 Å². The van der Waals surface area contributed by atoms with Gasteiger partial charge in [0.05, 0.1) is 0 Å². The van der Waals surface area contributed by atoms with Gasteiger partial charge in [0, 0.05) is 33.1 Å². The van der Waals surface area contributed by atoms with Crippen LogP contribution in [0.25, 0.3) is 0 Å². The summed E-state index contributed by atoms with van der Waals surface area (Å²) in [6, 6.07) is 0. The van der Waals surface area contributed by atoms with Crippen molar-refractivity contribution in [2.24, 2.45) is 5.92 Å². The van der Waals surface area contributed by atoms with Crippen LogP contribution in [0.5, 0.6) is 0 Å². The first-order valence-corrected chi connectivity index (χ1v) is 10.5. The Kier molecular flexibility index (Phi) is 16.7. The van der Waals surface area contributed by atoms with Gasteiger partial charge in [-0.05, 0) is 19.3 Å². The van der Waals surface area contributed by atoms with Crippen molar-refractivity contribution >= 4 is 11.6 Å². The van der Waals surface area contributed by atoms with Crippen molar-refractivity contribution in [3.05, 3.63) is 0 Å². The van der Waals surface area contributed by atoms with Gasteiger partial charge in [0.25, 0.3) is 5.97 Å². The maximum atomic E-state index is 5.73. The van der Waals surface area contributed by atoms with Gasteiger partial charge in [-0.1, -0.05) is 71.1 Å². The van der Waals surface area contributed by atoms with Crippen molar-refractivity contribution < 1.29 is 14.2 Å². The number of ether oxygens (including phenoxy) is 3. The molecule has 0 heterocycles. The van der Waals surface area contributed by atoms with E-state index in [2.05, 4.69) is 6.92 Å². The van der Waals surface area contributed by atoms with Gasteiger partial charge in [-0.2, -0.15) is 0 Å². The van der Waals surface area contributed by atoms with E-state index in [1.165, 1.54) is 64.2 Å². The second-order valence-electron chi connectivity index (χ2n) is 6.71. The molecule has 0 bridgehead atoms. The summed E-state index contributed by atoms with van der Waals surface area (Å²) in [5.41, 5.74) is 0. The molecular formula is C20H41ClO3. The zero-order valence-corrected chi connectivity index (χ0v) is 17.3. The summed E-state index contributed by atoms with van der Waals surface area (Å²) >= 11 is 5.73. The third-order valence-electron chi connectivity index (χ3n) is 4.95. The van der Waals surface area contributed by atoms with Crippen LogP contribution in [-0.2, 0) is 14.2 Å². The first kappa shape index (κ1) is 24.2. The van der Waals surface area contributed by atoms with E-state index < -0.39 is 5.97 Å². The Bertz CT molecular complexity index is 233. The molecule has 0 aliphatic rings. The van der Waals surface area contributed by atoms with Crippen LogP contribution in [-0.4, -0.2) is 33.2 Å². The lowest BCUT2D eigenvalue weighted by atomic mass is 9.91. The smallest absolute Gasteiger partial charge is 0.285 e. The Morgan fingerprint density at radius 1 is 0.667 bits per heavy atom. The van der Waals surface area contributed by atoms with Crippen LogP contribution < -0.4 is 0 Å². The predicted molar refractivity (Wildman–Crippen MR) is 104 cm³/mol. The first-order chi connectivity index (χ1) is 11.7. The lowest BCUT2D eigenvalue weighted by Gasteiger charge is -2.36. The molecule has 1 atom stereocenters. The molecule has 0 fully saturated rings. The van der Waals surface area contributed by atoms with Gasteiger partial charge in [-0.15, -0.1) is 11.6 Å². The molecule has 4 heteroatoms. The molecule has 0 amide bonds. The number of hydrogen-bond acceptors (Lipinski definition) is 3. The number of unbranched alkanes of at least 4 members (excludes halogenated alkanes) is 9. The molecule has 0 aliphatic carbocycles. The largest absolute Gasteiger partial charge is 0.331 e. The predicted octanol–water partition coefficient (Wildman–Crippen LogP) is 6.53. The molecule has 1 unspecified atom stereocenters. The van der Waals surface area contributed by atoms with E-state index in [4.69, 9.17) is 25.8 Å². The summed E-state index contributed by atoms with van der Waals surface area (Å²) < 4.78 is 16.9. The molecule has 0 saturated carbocycles. The van der Waals surface area contributed by atoms with Crippen molar-refractivity contribution in [1.29, 1.82) is 0 Å². The average molecular weight is 365 g/mol. The van der Waals surface area contributed by atoms with E-state index in [9.17, 15) is 0 Å². The van der Waals surface area contributed by atoms with E-state index in [0.717, 1.165) is 25.1 Å². The maximum absolute atomic E-state index is 5.73. The fraction of sp³-hybridized carbons (Fsp3) is 1.00. The Balaban J connectivity index is 4.28.